The second-order valence-electron chi connectivity index (χ2n) is 5.56. The SMILES string of the molecule is CCCc1cccc(C(O)C2(O)CCCCC2)c1. The van der Waals surface area contributed by atoms with Crippen LogP contribution in [-0.4, -0.2) is 15.8 Å². The second kappa shape index (κ2) is 5.85. The third-order valence-corrected chi connectivity index (χ3v) is 4.03. The molecule has 0 saturated heterocycles. The Bertz CT molecular complexity index is 380. The van der Waals surface area contributed by atoms with Gasteiger partial charge in [0.15, 0.2) is 0 Å². The van der Waals surface area contributed by atoms with Crippen LogP contribution in [0.2, 0.25) is 0 Å². The normalized spacial score (nSPS) is 20.6. The zero-order valence-corrected chi connectivity index (χ0v) is 11.2. The van der Waals surface area contributed by atoms with Gasteiger partial charge >= 0.3 is 0 Å². The molecule has 0 radical (unpaired) electrons. The van der Waals surface area contributed by atoms with Crippen molar-refractivity contribution in [3.05, 3.63) is 35.4 Å². The van der Waals surface area contributed by atoms with Gasteiger partial charge in [-0.25, -0.2) is 0 Å². The van der Waals surface area contributed by atoms with Gasteiger partial charge in [0.1, 0.15) is 6.10 Å². The van der Waals surface area contributed by atoms with Gasteiger partial charge in [-0.2, -0.15) is 0 Å². The van der Waals surface area contributed by atoms with Gasteiger partial charge < -0.3 is 10.2 Å². The summed E-state index contributed by atoms with van der Waals surface area (Å²) >= 11 is 0. The van der Waals surface area contributed by atoms with E-state index in [1.807, 2.05) is 18.2 Å². The molecule has 0 aromatic heterocycles. The van der Waals surface area contributed by atoms with Crippen molar-refractivity contribution < 1.29 is 10.2 Å². The van der Waals surface area contributed by atoms with E-state index in [1.165, 1.54) is 12.0 Å². The van der Waals surface area contributed by atoms with E-state index in [0.29, 0.717) is 12.8 Å². The number of aryl methyl sites for hydroxylation is 1. The van der Waals surface area contributed by atoms with Crippen molar-refractivity contribution in [2.75, 3.05) is 0 Å². The fourth-order valence-corrected chi connectivity index (χ4v) is 2.96. The van der Waals surface area contributed by atoms with Crippen LogP contribution in [-0.2, 0) is 6.42 Å². The van der Waals surface area contributed by atoms with Crippen molar-refractivity contribution in [1.82, 2.24) is 0 Å². The summed E-state index contributed by atoms with van der Waals surface area (Å²) in [6, 6.07) is 8.04. The number of benzene rings is 1. The largest absolute Gasteiger partial charge is 0.387 e. The maximum Gasteiger partial charge on any atom is 0.108 e. The first-order valence-electron chi connectivity index (χ1n) is 7.15. The molecule has 0 amide bonds. The summed E-state index contributed by atoms with van der Waals surface area (Å²) in [7, 11) is 0. The zero-order chi connectivity index (χ0) is 13.0. The number of aliphatic hydroxyl groups is 2. The minimum Gasteiger partial charge on any atom is -0.387 e. The van der Waals surface area contributed by atoms with Crippen LogP contribution in [0, 0.1) is 0 Å². The fourth-order valence-electron chi connectivity index (χ4n) is 2.96. The minimum absolute atomic E-state index is 0.714. The van der Waals surface area contributed by atoms with E-state index < -0.39 is 11.7 Å². The van der Waals surface area contributed by atoms with E-state index in [-0.39, 0.29) is 0 Å². The summed E-state index contributed by atoms with van der Waals surface area (Å²) in [5.74, 6) is 0. The molecular formula is C16H24O2. The summed E-state index contributed by atoms with van der Waals surface area (Å²) in [4.78, 5) is 0. The number of hydrogen-bond donors (Lipinski definition) is 2. The van der Waals surface area contributed by atoms with Crippen LogP contribution in [0.1, 0.15) is 62.7 Å². The molecule has 2 heteroatoms. The maximum absolute atomic E-state index is 10.6. The van der Waals surface area contributed by atoms with E-state index >= 15 is 0 Å². The topological polar surface area (TPSA) is 40.5 Å². The lowest BCUT2D eigenvalue weighted by molar-refractivity contribution is -0.0991. The summed E-state index contributed by atoms with van der Waals surface area (Å²) in [5.41, 5.74) is 1.20. The Morgan fingerprint density at radius 2 is 1.94 bits per heavy atom. The molecule has 0 spiro atoms. The molecule has 2 N–H and O–H groups in total. The summed E-state index contributed by atoms with van der Waals surface area (Å²) in [6.07, 6.45) is 6.02. The third kappa shape index (κ3) is 2.93. The minimum atomic E-state index is -0.914. The Kier molecular flexibility index (Phi) is 4.41. The summed E-state index contributed by atoms with van der Waals surface area (Å²) in [6.45, 7) is 2.15. The Hall–Kier alpha value is -0.860. The van der Waals surface area contributed by atoms with Gasteiger partial charge in [-0.3, -0.25) is 0 Å². The number of aliphatic hydroxyl groups excluding tert-OH is 1. The average molecular weight is 248 g/mol. The van der Waals surface area contributed by atoms with Crippen LogP contribution < -0.4 is 0 Å². The predicted octanol–water partition coefficient (Wildman–Crippen LogP) is 3.37. The first-order valence-corrected chi connectivity index (χ1v) is 7.15. The van der Waals surface area contributed by atoms with Gasteiger partial charge in [0.05, 0.1) is 5.60 Å². The Morgan fingerprint density at radius 1 is 1.22 bits per heavy atom. The smallest absolute Gasteiger partial charge is 0.108 e. The highest BCUT2D eigenvalue weighted by Crippen LogP contribution is 2.38. The zero-order valence-electron chi connectivity index (χ0n) is 11.2. The van der Waals surface area contributed by atoms with Crippen molar-refractivity contribution in [2.45, 2.75) is 63.6 Å². The third-order valence-electron chi connectivity index (χ3n) is 4.03. The van der Waals surface area contributed by atoms with Crippen LogP contribution in [0.25, 0.3) is 0 Å². The van der Waals surface area contributed by atoms with Gasteiger partial charge in [0.2, 0.25) is 0 Å². The van der Waals surface area contributed by atoms with E-state index in [4.69, 9.17) is 0 Å². The molecule has 18 heavy (non-hydrogen) atoms. The van der Waals surface area contributed by atoms with Gasteiger partial charge in [0.25, 0.3) is 0 Å². The average Bonchev–Trinajstić information content (AvgIpc) is 2.39. The lowest BCUT2D eigenvalue weighted by Crippen LogP contribution is -2.38. The van der Waals surface area contributed by atoms with Gasteiger partial charge in [-0.1, -0.05) is 56.9 Å². The monoisotopic (exact) mass is 248 g/mol. The van der Waals surface area contributed by atoms with E-state index in [0.717, 1.165) is 31.2 Å². The molecule has 1 saturated carbocycles. The van der Waals surface area contributed by atoms with Gasteiger partial charge in [-0.15, -0.1) is 0 Å². The Labute approximate surface area is 110 Å². The van der Waals surface area contributed by atoms with Crippen molar-refractivity contribution in [1.29, 1.82) is 0 Å². The molecule has 1 aromatic carbocycles. The quantitative estimate of drug-likeness (QED) is 0.857. The maximum atomic E-state index is 10.6. The van der Waals surface area contributed by atoms with E-state index in [1.54, 1.807) is 0 Å². The molecule has 0 heterocycles. The lowest BCUT2D eigenvalue weighted by atomic mass is 9.78. The fraction of sp³-hybridized carbons (Fsp3) is 0.625. The lowest BCUT2D eigenvalue weighted by Gasteiger charge is -2.36. The Morgan fingerprint density at radius 3 is 2.61 bits per heavy atom. The highest BCUT2D eigenvalue weighted by atomic mass is 16.3. The number of rotatable bonds is 4. The molecule has 1 aliphatic rings. The van der Waals surface area contributed by atoms with Crippen LogP contribution in [0.4, 0.5) is 0 Å². The molecule has 1 unspecified atom stereocenters. The van der Waals surface area contributed by atoms with E-state index in [2.05, 4.69) is 13.0 Å². The van der Waals surface area contributed by atoms with Crippen molar-refractivity contribution in [2.24, 2.45) is 0 Å². The van der Waals surface area contributed by atoms with Crippen LogP contribution in [0.3, 0.4) is 0 Å². The van der Waals surface area contributed by atoms with E-state index in [9.17, 15) is 10.2 Å². The molecule has 1 fully saturated rings. The highest BCUT2D eigenvalue weighted by Gasteiger charge is 2.37. The molecule has 0 bridgehead atoms. The van der Waals surface area contributed by atoms with Crippen LogP contribution >= 0.6 is 0 Å². The van der Waals surface area contributed by atoms with Gasteiger partial charge in [0, 0.05) is 0 Å². The molecule has 1 aromatic rings. The van der Waals surface area contributed by atoms with Crippen LogP contribution in [0.5, 0.6) is 0 Å². The molecule has 2 rings (SSSR count). The molecule has 0 aliphatic heterocycles. The molecular weight excluding hydrogens is 224 g/mol. The second-order valence-corrected chi connectivity index (χ2v) is 5.56. The molecule has 100 valence electrons. The molecule has 2 nitrogen and oxygen atoms in total. The van der Waals surface area contributed by atoms with Crippen LogP contribution in [0.15, 0.2) is 24.3 Å². The predicted molar refractivity (Wildman–Crippen MR) is 73.4 cm³/mol. The van der Waals surface area contributed by atoms with Crippen molar-refractivity contribution in [3.8, 4) is 0 Å². The highest BCUT2D eigenvalue weighted by molar-refractivity contribution is 5.27. The molecule has 1 aliphatic carbocycles. The van der Waals surface area contributed by atoms with Gasteiger partial charge in [-0.05, 0) is 30.4 Å². The summed E-state index contributed by atoms with van der Waals surface area (Å²) < 4.78 is 0. The first kappa shape index (κ1) is 13.6. The number of hydrogen-bond acceptors (Lipinski definition) is 2. The molecule has 1 atom stereocenters. The van der Waals surface area contributed by atoms with Crippen molar-refractivity contribution in [3.63, 3.8) is 0 Å². The first-order chi connectivity index (χ1) is 8.65. The standard InChI is InChI=1S/C16H24O2/c1-2-7-13-8-6-9-14(12-13)15(17)16(18)10-4-3-5-11-16/h6,8-9,12,15,17-18H,2-5,7,10-11H2,1H3. The Balaban J connectivity index is 2.16. The summed E-state index contributed by atoms with van der Waals surface area (Å²) in [5, 5.41) is 21.0. The van der Waals surface area contributed by atoms with Crippen molar-refractivity contribution >= 4 is 0 Å².